The Morgan fingerprint density at radius 2 is 1.97 bits per heavy atom. The SMILES string of the molecule is COc1ccc(CN(C)c2nc(C3CCCN3C)nc3c2CN(C(C)=O)CC3)cc1OC. The first-order valence-corrected chi connectivity index (χ1v) is 11.2. The van der Waals surface area contributed by atoms with Crippen LogP contribution in [0.3, 0.4) is 0 Å². The molecular weight excluding hydrogens is 406 g/mol. The molecule has 1 aromatic carbocycles. The standard InChI is InChI=1S/C24H33N5O3/c1-16(30)29-12-10-19-18(15-29)24(26-23(25-19)20-7-6-11-27(20)2)28(3)14-17-8-9-21(31-4)22(13-17)32-5/h8-9,13,20H,6-7,10-12,14-15H2,1-5H3. The van der Waals surface area contributed by atoms with E-state index < -0.39 is 0 Å². The molecule has 1 aromatic heterocycles. The summed E-state index contributed by atoms with van der Waals surface area (Å²) in [6.45, 7) is 4.61. The van der Waals surface area contributed by atoms with Crippen LogP contribution in [-0.2, 0) is 24.3 Å². The zero-order valence-electron chi connectivity index (χ0n) is 19.7. The molecule has 0 bridgehead atoms. The van der Waals surface area contributed by atoms with E-state index in [9.17, 15) is 4.79 Å². The molecule has 3 heterocycles. The van der Waals surface area contributed by atoms with Crippen LogP contribution in [0.5, 0.6) is 11.5 Å². The van der Waals surface area contributed by atoms with Crippen LogP contribution >= 0.6 is 0 Å². The van der Waals surface area contributed by atoms with Crippen LogP contribution in [0.2, 0.25) is 0 Å². The molecule has 0 radical (unpaired) electrons. The number of anilines is 1. The van der Waals surface area contributed by atoms with Crippen LogP contribution in [0.25, 0.3) is 0 Å². The van der Waals surface area contributed by atoms with Gasteiger partial charge in [0.05, 0.1) is 32.5 Å². The van der Waals surface area contributed by atoms with Crippen LogP contribution in [0.1, 0.15) is 48.5 Å². The average Bonchev–Trinajstić information content (AvgIpc) is 3.23. The molecule has 2 aromatic rings. The van der Waals surface area contributed by atoms with Gasteiger partial charge in [-0.2, -0.15) is 0 Å². The lowest BCUT2D eigenvalue weighted by Crippen LogP contribution is -2.37. The highest BCUT2D eigenvalue weighted by Gasteiger charge is 2.30. The van der Waals surface area contributed by atoms with Crippen molar-refractivity contribution in [3.05, 3.63) is 40.8 Å². The highest BCUT2D eigenvalue weighted by Crippen LogP contribution is 2.34. The largest absolute Gasteiger partial charge is 0.493 e. The van der Waals surface area contributed by atoms with Crippen molar-refractivity contribution in [2.24, 2.45) is 0 Å². The van der Waals surface area contributed by atoms with Gasteiger partial charge in [0.15, 0.2) is 11.5 Å². The van der Waals surface area contributed by atoms with E-state index in [4.69, 9.17) is 19.4 Å². The normalized spacial score (nSPS) is 18.4. The average molecular weight is 440 g/mol. The number of methoxy groups -OCH3 is 2. The third-order valence-electron chi connectivity index (χ3n) is 6.55. The summed E-state index contributed by atoms with van der Waals surface area (Å²) in [5.41, 5.74) is 3.22. The molecule has 0 spiro atoms. The molecule has 8 nitrogen and oxygen atoms in total. The number of nitrogens with zero attached hydrogens (tertiary/aromatic N) is 5. The maximum absolute atomic E-state index is 12.1. The van der Waals surface area contributed by atoms with Crippen LogP contribution in [0, 0.1) is 0 Å². The van der Waals surface area contributed by atoms with Crippen molar-refractivity contribution in [3.63, 3.8) is 0 Å². The lowest BCUT2D eigenvalue weighted by molar-refractivity contribution is -0.129. The Bertz CT molecular complexity index is 996. The van der Waals surface area contributed by atoms with Gasteiger partial charge in [0.1, 0.15) is 11.6 Å². The Labute approximate surface area is 190 Å². The molecular formula is C24H33N5O3. The van der Waals surface area contributed by atoms with E-state index in [0.29, 0.717) is 31.1 Å². The van der Waals surface area contributed by atoms with E-state index in [1.165, 1.54) is 0 Å². The quantitative estimate of drug-likeness (QED) is 0.685. The Hall–Kier alpha value is -2.87. The minimum absolute atomic E-state index is 0.0868. The molecule has 0 aliphatic carbocycles. The van der Waals surface area contributed by atoms with Crippen molar-refractivity contribution in [2.75, 3.05) is 46.3 Å². The third-order valence-corrected chi connectivity index (χ3v) is 6.55. The molecule has 2 aliphatic rings. The highest BCUT2D eigenvalue weighted by molar-refractivity contribution is 5.74. The Balaban J connectivity index is 1.69. The topological polar surface area (TPSA) is 71.0 Å². The van der Waals surface area contributed by atoms with Gasteiger partial charge in [0.25, 0.3) is 0 Å². The lowest BCUT2D eigenvalue weighted by atomic mass is 10.0. The molecule has 1 atom stereocenters. The number of hydrogen-bond acceptors (Lipinski definition) is 7. The number of amides is 1. The Kier molecular flexibility index (Phi) is 6.50. The smallest absolute Gasteiger partial charge is 0.219 e. The summed E-state index contributed by atoms with van der Waals surface area (Å²) in [5, 5.41) is 0. The van der Waals surface area contributed by atoms with Crippen LogP contribution in [0.15, 0.2) is 18.2 Å². The summed E-state index contributed by atoms with van der Waals surface area (Å²) in [6, 6.07) is 6.21. The van der Waals surface area contributed by atoms with Crippen molar-refractivity contribution in [1.29, 1.82) is 0 Å². The first-order valence-electron chi connectivity index (χ1n) is 11.2. The van der Waals surface area contributed by atoms with E-state index in [1.807, 2.05) is 30.1 Å². The fourth-order valence-electron chi connectivity index (χ4n) is 4.71. The second kappa shape index (κ2) is 9.32. The summed E-state index contributed by atoms with van der Waals surface area (Å²) in [6.07, 6.45) is 3.00. The molecule has 172 valence electrons. The second-order valence-corrected chi connectivity index (χ2v) is 8.71. The van der Waals surface area contributed by atoms with E-state index in [-0.39, 0.29) is 11.9 Å². The van der Waals surface area contributed by atoms with Crippen LogP contribution in [-0.4, -0.2) is 67.1 Å². The first kappa shape index (κ1) is 22.3. The summed E-state index contributed by atoms with van der Waals surface area (Å²) < 4.78 is 10.8. The highest BCUT2D eigenvalue weighted by atomic mass is 16.5. The predicted molar refractivity (Wildman–Crippen MR) is 123 cm³/mol. The van der Waals surface area contributed by atoms with Gasteiger partial charge in [-0.3, -0.25) is 9.69 Å². The number of carbonyl (C=O) groups is 1. The van der Waals surface area contributed by atoms with E-state index in [1.54, 1.807) is 21.1 Å². The molecule has 1 amide bonds. The van der Waals surface area contributed by atoms with Crippen molar-refractivity contribution >= 4 is 11.7 Å². The maximum Gasteiger partial charge on any atom is 0.219 e. The monoisotopic (exact) mass is 439 g/mol. The number of rotatable bonds is 6. The van der Waals surface area contributed by atoms with Gasteiger partial charge in [-0.25, -0.2) is 9.97 Å². The molecule has 0 N–H and O–H groups in total. The van der Waals surface area contributed by atoms with Crippen LogP contribution < -0.4 is 14.4 Å². The summed E-state index contributed by atoms with van der Waals surface area (Å²) >= 11 is 0. The van der Waals surface area contributed by atoms with Gasteiger partial charge in [0, 0.05) is 39.0 Å². The van der Waals surface area contributed by atoms with E-state index in [0.717, 1.165) is 54.3 Å². The number of aromatic nitrogens is 2. The molecule has 1 fully saturated rings. The van der Waals surface area contributed by atoms with Crippen molar-refractivity contribution in [1.82, 2.24) is 19.8 Å². The number of carbonyl (C=O) groups excluding carboxylic acids is 1. The third kappa shape index (κ3) is 4.37. The Morgan fingerprint density at radius 3 is 2.62 bits per heavy atom. The molecule has 32 heavy (non-hydrogen) atoms. The van der Waals surface area contributed by atoms with Gasteiger partial charge in [-0.1, -0.05) is 6.07 Å². The summed E-state index contributed by atoms with van der Waals surface area (Å²) in [7, 11) is 7.48. The number of benzene rings is 1. The molecule has 4 rings (SSSR count). The summed E-state index contributed by atoms with van der Waals surface area (Å²) in [5.74, 6) is 3.31. The minimum Gasteiger partial charge on any atom is -0.493 e. The van der Waals surface area contributed by atoms with E-state index in [2.05, 4.69) is 16.8 Å². The number of hydrogen-bond donors (Lipinski definition) is 0. The first-order chi connectivity index (χ1) is 15.4. The van der Waals surface area contributed by atoms with Crippen LogP contribution in [0.4, 0.5) is 5.82 Å². The molecule has 1 saturated heterocycles. The maximum atomic E-state index is 12.1. The Morgan fingerprint density at radius 1 is 1.19 bits per heavy atom. The van der Waals surface area contributed by atoms with E-state index >= 15 is 0 Å². The predicted octanol–water partition coefficient (Wildman–Crippen LogP) is 2.80. The molecule has 2 aliphatic heterocycles. The zero-order chi connectivity index (χ0) is 22.8. The fraction of sp³-hybridized carbons (Fsp3) is 0.542. The van der Waals surface area contributed by atoms with Crippen molar-refractivity contribution in [2.45, 2.75) is 45.3 Å². The molecule has 8 heteroatoms. The fourth-order valence-corrected chi connectivity index (χ4v) is 4.71. The summed E-state index contributed by atoms with van der Waals surface area (Å²) in [4.78, 5) is 28.5. The number of likely N-dealkylation sites (tertiary alicyclic amines) is 1. The van der Waals surface area contributed by atoms with Crippen molar-refractivity contribution in [3.8, 4) is 11.5 Å². The molecule has 0 saturated carbocycles. The van der Waals surface area contributed by atoms with Gasteiger partial charge < -0.3 is 19.3 Å². The second-order valence-electron chi connectivity index (χ2n) is 8.71. The van der Waals surface area contributed by atoms with Crippen molar-refractivity contribution < 1.29 is 14.3 Å². The number of ether oxygens (including phenoxy) is 2. The lowest BCUT2D eigenvalue weighted by Gasteiger charge is -2.32. The van der Waals surface area contributed by atoms with Gasteiger partial charge >= 0.3 is 0 Å². The van der Waals surface area contributed by atoms with Gasteiger partial charge in [-0.05, 0) is 44.1 Å². The number of fused-ring (bicyclic) bond motifs is 1. The minimum atomic E-state index is 0.0868. The molecule has 1 unspecified atom stereocenters. The van der Waals surface area contributed by atoms with Gasteiger partial charge in [0.2, 0.25) is 5.91 Å². The van der Waals surface area contributed by atoms with Gasteiger partial charge in [-0.15, -0.1) is 0 Å². The zero-order valence-corrected chi connectivity index (χ0v) is 19.7.